The molecule has 2 aliphatic heterocycles. The summed E-state index contributed by atoms with van der Waals surface area (Å²) in [6, 6.07) is 1.32. The molecular weight excluding hydrogens is 394 g/mol. The number of hydrogen-bond donors (Lipinski definition) is 2. The van der Waals surface area contributed by atoms with Crippen molar-refractivity contribution < 1.29 is 18.6 Å². The Balaban J connectivity index is 1.92. The molecule has 10 heteroatoms. The first-order valence-corrected chi connectivity index (χ1v) is 12.9. The first-order chi connectivity index (χ1) is 13.3. The Labute approximate surface area is 171 Å². The minimum atomic E-state index is -1.99. The minimum absolute atomic E-state index is 0.0614. The number of aromatic nitrogens is 2. The minimum Gasteiger partial charge on any atom is -0.414 e. The number of nitrogens with zero attached hydrogens (tertiary/aromatic N) is 1. The first kappa shape index (κ1) is 22.2. The Kier molecular flexibility index (Phi) is 5.63. The van der Waals surface area contributed by atoms with Crippen LogP contribution in [0.5, 0.6) is 0 Å². The number of H-pyrrole nitrogens is 1. The highest BCUT2D eigenvalue weighted by Crippen LogP contribution is 2.44. The van der Waals surface area contributed by atoms with Crippen molar-refractivity contribution in [3.8, 4) is 0 Å². The molecule has 2 N–H and O–H groups in total. The summed E-state index contributed by atoms with van der Waals surface area (Å²) in [5.74, 6) is -0.458. The third kappa shape index (κ3) is 4.22. The Morgan fingerprint density at radius 1 is 1.24 bits per heavy atom. The summed E-state index contributed by atoms with van der Waals surface area (Å²) in [5, 5.41) is 2.95. The Bertz CT molecular complexity index is 872. The first-order valence-electron chi connectivity index (χ1n) is 9.94. The van der Waals surface area contributed by atoms with E-state index in [0.717, 1.165) is 0 Å². The smallest absolute Gasteiger partial charge is 0.332 e. The molecule has 0 spiro atoms. The Morgan fingerprint density at radius 3 is 2.45 bits per heavy atom. The predicted octanol–water partition coefficient (Wildman–Crippen LogP) is 2.02. The second-order valence-electron chi connectivity index (χ2n) is 9.65. The van der Waals surface area contributed by atoms with E-state index in [1.807, 2.05) is 13.8 Å². The lowest BCUT2D eigenvalue weighted by molar-refractivity contribution is -0.199. The van der Waals surface area contributed by atoms with Crippen molar-refractivity contribution >= 4 is 14.1 Å². The fraction of sp³-hybridized carbons (Fsp3) is 0.789. The zero-order chi connectivity index (χ0) is 21.8. The second-order valence-corrected chi connectivity index (χ2v) is 14.5. The van der Waals surface area contributed by atoms with Crippen molar-refractivity contribution in [3.63, 3.8) is 0 Å². The van der Waals surface area contributed by atoms with E-state index in [4.69, 9.17) is 18.6 Å². The van der Waals surface area contributed by atoms with Crippen LogP contribution in [-0.2, 0) is 18.6 Å². The zero-order valence-corrected chi connectivity index (χ0v) is 19.5. The maximum Gasteiger partial charge on any atom is 0.332 e. The van der Waals surface area contributed by atoms with Crippen molar-refractivity contribution in [2.24, 2.45) is 0 Å². The van der Waals surface area contributed by atoms with E-state index in [1.165, 1.54) is 10.6 Å². The van der Waals surface area contributed by atoms with Crippen LogP contribution in [0.15, 0.2) is 15.7 Å². The summed E-state index contributed by atoms with van der Waals surface area (Å²) in [7, 11) is -0.350. The van der Waals surface area contributed by atoms with Gasteiger partial charge in [0.1, 0.15) is 24.1 Å². The van der Waals surface area contributed by atoms with E-state index >= 15 is 0 Å². The van der Waals surface area contributed by atoms with Crippen molar-refractivity contribution in [3.05, 3.63) is 26.9 Å². The van der Waals surface area contributed by atoms with Crippen LogP contribution in [0.1, 0.15) is 40.8 Å². The molecule has 0 unspecified atom stereocenters. The summed E-state index contributed by atoms with van der Waals surface area (Å²) in [6.07, 6.45) is -2.04. The molecular formula is C19H33N3O6Si. The lowest BCUT2D eigenvalue weighted by atomic mass is 10.1. The van der Waals surface area contributed by atoms with Gasteiger partial charge in [0.15, 0.2) is 20.3 Å². The van der Waals surface area contributed by atoms with Gasteiger partial charge in [-0.2, -0.15) is 0 Å². The van der Waals surface area contributed by atoms with Crippen molar-refractivity contribution in [2.75, 3.05) is 19.0 Å². The lowest BCUT2D eigenvalue weighted by Crippen LogP contribution is -2.44. The maximum absolute atomic E-state index is 12.6. The Hall–Kier alpha value is -1.46. The van der Waals surface area contributed by atoms with Crippen LogP contribution < -0.4 is 16.6 Å². The Morgan fingerprint density at radius 2 is 1.86 bits per heavy atom. The standard InChI is InChI=1S/C19H33N3O6Si/c1-18(2,3)29(7,8)25-10-11-14-15(28-19(4,5)27-14)16(26-11)22-12(20-6)9-13(23)21-17(22)24/h9,11,14-16,20H,10H2,1-8H3,(H,21,23,24)/t11-,14-,15-,16-/m1/s1. The monoisotopic (exact) mass is 427 g/mol. The number of rotatable bonds is 5. The fourth-order valence-corrected chi connectivity index (χ4v) is 4.47. The van der Waals surface area contributed by atoms with E-state index in [0.29, 0.717) is 12.4 Å². The topological polar surface area (TPSA) is 104 Å². The van der Waals surface area contributed by atoms with Crippen LogP contribution in [0, 0.1) is 0 Å². The number of fused-ring (bicyclic) bond motifs is 1. The maximum atomic E-state index is 12.6. The number of aromatic amines is 1. The molecule has 9 nitrogen and oxygen atoms in total. The number of nitrogens with one attached hydrogen (secondary N) is 2. The SMILES string of the molecule is CNc1cc(=O)[nH]c(=O)n1[C@@H]1O[C@H](CO[Si](C)(C)C(C)(C)C)[C@H]2OC(C)(C)O[C@H]21. The van der Waals surface area contributed by atoms with Crippen molar-refractivity contribution in [1.29, 1.82) is 0 Å². The van der Waals surface area contributed by atoms with Gasteiger partial charge in [0.2, 0.25) is 0 Å². The van der Waals surface area contributed by atoms with E-state index in [2.05, 4.69) is 44.2 Å². The molecule has 4 atom stereocenters. The molecule has 0 amide bonds. The molecule has 29 heavy (non-hydrogen) atoms. The normalized spacial score (nSPS) is 29.1. The number of ether oxygens (including phenoxy) is 3. The van der Waals surface area contributed by atoms with Gasteiger partial charge in [0, 0.05) is 13.1 Å². The van der Waals surface area contributed by atoms with Crippen LogP contribution in [0.2, 0.25) is 18.1 Å². The van der Waals surface area contributed by atoms with Crippen LogP contribution in [0.3, 0.4) is 0 Å². The van der Waals surface area contributed by atoms with Gasteiger partial charge in [-0.25, -0.2) is 9.36 Å². The molecule has 3 rings (SSSR count). The fourth-order valence-electron chi connectivity index (χ4n) is 3.46. The molecule has 2 fully saturated rings. The summed E-state index contributed by atoms with van der Waals surface area (Å²) >= 11 is 0. The molecule has 2 saturated heterocycles. The summed E-state index contributed by atoms with van der Waals surface area (Å²) in [5.41, 5.74) is -1.04. The van der Waals surface area contributed by atoms with Gasteiger partial charge < -0.3 is 24.0 Å². The van der Waals surface area contributed by atoms with Gasteiger partial charge in [-0.15, -0.1) is 0 Å². The predicted molar refractivity (Wildman–Crippen MR) is 112 cm³/mol. The summed E-state index contributed by atoms with van der Waals surface area (Å²) in [4.78, 5) is 26.6. The molecule has 0 radical (unpaired) electrons. The highest BCUT2D eigenvalue weighted by molar-refractivity contribution is 6.74. The van der Waals surface area contributed by atoms with E-state index in [9.17, 15) is 9.59 Å². The quantitative estimate of drug-likeness (QED) is 0.693. The molecule has 0 bridgehead atoms. The van der Waals surface area contributed by atoms with Crippen LogP contribution >= 0.6 is 0 Å². The summed E-state index contributed by atoms with van der Waals surface area (Å²) in [6.45, 7) is 14.9. The van der Waals surface area contributed by atoms with Crippen LogP contribution in [0.25, 0.3) is 0 Å². The number of anilines is 1. The van der Waals surface area contributed by atoms with Gasteiger partial charge in [0.05, 0.1) is 6.61 Å². The second kappa shape index (κ2) is 7.35. The highest BCUT2D eigenvalue weighted by Gasteiger charge is 2.57. The van der Waals surface area contributed by atoms with Gasteiger partial charge in [-0.1, -0.05) is 20.8 Å². The average molecular weight is 428 g/mol. The van der Waals surface area contributed by atoms with Crippen LogP contribution in [-0.4, -0.2) is 55.6 Å². The molecule has 2 aliphatic rings. The molecule has 0 aliphatic carbocycles. The average Bonchev–Trinajstić information content (AvgIpc) is 3.04. The van der Waals surface area contributed by atoms with E-state index in [-0.39, 0.29) is 11.1 Å². The third-order valence-electron chi connectivity index (χ3n) is 6.03. The van der Waals surface area contributed by atoms with Crippen LogP contribution in [0.4, 0.5) is 5.82 Å². The molecule has 1 aromatic heterocycles. The van der Waals surface area contributed by atoms with E-state index in [1.54, 1.807) is 7.05 Å². The summed E-state index contributed by atoms with van der Waals surface area (Å²) < 4.78 is 26.1. The van der Waals surface area contributed by atoms with Crippen molar-refractivity contribution in [1.82, 2.24) is 9.55 Å². The zero-order valence-electron chi connectivity index (χ0n) is 18.5. The van der Waals surface area contributed by atoms with Crippen molar-refractivity contribution in [2.45, 2.75) is 83.1 Å². The number of hydrogen-bond acceptors (Lipinski definition) is 7. The highest BCUT2D eigenvalue weighted by atomic mass is 28.4. The molecule has 0 saturated carbocycles. The van der Waals surface area contributed by atoms with Gasteiger partial charge in [0.25, 0.3) is 5.56 Å². The lowest BCUT2D eigenvalue weighted by Gasteiger charge is -2.37. The third-order valence-corrected chi connectivity index (χ3v) is 10.5. The molecule has 0 aromatic carbocycles. The molecule has 164 valence electrons. The molecule has 1 aromatic rings. The largest absolute Gasteiger partial charge is 0.414 e. The van der Waals surface area contributed by atoms with Gasteiger partial charge in [-0.3, -0.25) is 9.78 Å². The van der Waals surface area contributed by atoms with Gasteiger partial charge in [-0.05, 0) is 32.0 Å². The van der Waals surface area contributed by atoms with Gasteiger partial charge >= 0.3 is 5.69 Å². The molecule has 3 heterocycles. The van der Waals surface area contributed by atoms with E-state index < -0.39 is 43.8 Å².